The number of carbonyl (C=O) groups excluding carboxylic acids is 1. The maximum atomic E-state index is 11.7. The van der Waals surface area contributed by atoms with E-state index in [1.807, 2.05) is 0 Å². The molecule has 0 saturated carbocycles. The molecular formula is C14H12N2O5. The van der Waals surface area contributed by atoms with Crippen molar-refractivity contribution in [2.75, 3.05) is 5.32 Å². The second-order valence-corrected chi connectivity index (χ2v) is 4.11. The van der Waals surface area contributed by atoms with Gasteiger partial charge in [0.1, 0.15) is 10.7 Å². The summed E-state index contributed by atoms with van der Waals surface area (Å²) in [4.78, 5) is 21.5. The number of aliphatic hydroxyl groups excluding tert-OH is 1. The molecule has 1 amide bonds. The standard InChI is InChI=1S/C14H12N2O5/c17-9-10-2-1-3-11(8-10)15-13(18)6-4-12-5-7-14(21-12)16(19)20/h1-8,17H,9H2,(H,15,18)/b6-4+. The van der Waals surface area contributed by atoms with E-state index in [2.05, 4.69) is 5.32 Å². The topological polar surface area (TPSA) is 106 Å². The van der Waals surface area contributed by atoms with Crippen LogP contribution in [0.3, 0.4) is 0 Å². The summed E-state index contributed by atoms with van der Waals surface area (Å²) >= 11 is 0. The zero-order valence-electron chi connectivity index (χ0n) is 10.9. The first-order chi connectivity index (χ1) is 10.1. The molecule has 0 unspecified atom stereocenters. The van der Waals surface area contributed by atoms with Gasteiger partial charge in [0, 0.05) is 11.8 Å². The fourth-order valence-electron chi connectivity index (χ4n) is 1.62. The Morgan fingerprint density at radius 3 is 2.86 bits per heavy atom. The summed E-state index contributed by atoms with van der Waals surface area (Å²) in [5.41, 5.74) is 1.22. The molecule has 108 valence electrons. The number of furan rings is 1. The zero-order valence-corrected chi connectivity index (χ0v) is 10.9. The predicted molar refractivity (Wildman–Crippen MR) is 75.4 cm³/mol. The van der Waals surface area contributed by atoms with Crippen LogP contribution in [0.25, 0.3) is 6.08 Å². The number of aliphatic hydroxyl groups is 1. The van der Waals surface area contributed by atoms with Crippen molar-refractivity contribution >= 4 is 23.6 Å². The van der Waals surface area contributed by atoms with Crippen LogP contribution < -0.4 is 5.32 Å². The molecule has 2 rings (SSSR count). The lowest BCUT2D eigenvalue weighted by Gasteiger charge is -2.03. The first kappa shape index (κ1) is 14.5. The molecule has 0 spiro atoms. The van der Waals surface area contributed by atoms with Gasteiger partial charge >= 0.3 is 5.88 Å². The molecule has 0 aliphatic heterocycles. The summed E-state index contributed by atoms with van der Waals surface area (Å²) in [5, 5.41) is 22.0. The van der Waals surface area contributed by atoms with Crippen molar-refractivity contribution in [3.8, 4) is 0 Å². The number of hydrogen-bond donors (Lipinski definition) is 2. The summed E-state index contributed by atoms with van der Waals surface area (Å²) < 4.78 is 4.88. The third-order valence-corrected chi connectivity index (χ3v) is 2.57. The Morgan fingerprint density at radius 2 is 2.19 bits per heavy atom. The average Bonchev–Trinajstić information content (AvgIpc) is 2.94. The maximum Gasteiger partial charge on any atom is 0.433 e. The molecule has 0 saturated heterocycles. The monoisotopic (exact) mass is 288 g/mol. The van der Waals surface area contributed by atoms with Gasteiger partial charge < -0.3 is 14.8 Å². The van der Waals surface area contributed by atoms with Crippen LogP contribution in [0.15, 0.2) is 46.9 Å². The number of rotatable bonds is 5. The van der Waals surface area contributed by atoms with E-state index in [0.29, 0.717) is 11.3 Å². The van der Waals surface area contributed by atoms with Crippen molar-refractivity contribution in [2.24, 2.45) is 0 Å². The number of hydrogen-bond acceptors (Lipinski definition) is 5. The summed E-state index contributed by atoms with van der Waals surface area (Å²) in [6.45, 7) is -0.115. The number of amides is 1. The minimum absolute atomic E-state index is 0.115. The van der Waals surface area contributed by atoms with Crippen LogP contribution >= 0.6 is 0 Å². The first-order valence-corrected chi connectivity index (χ1v) is 6.01. The molecular weight excluding hydrogens is 276 g/mol. The lowest BCUT2D eigenvalue weighted by atomic mass is 10.2. The van der Waals surface area contributed by atoms with Crippen molar-refractivity contribution in [3.05, 3.63) is 63.9 Å². The van der Waals surface area contributed by atoms with Gasteiger partial charge in [-0.05, 0) is 29.8 Å². The Labute approximate surface area is 119 Å². The van der Waals surface area contributed by atoms with Gasteiger partial charge in [-0.15, -0.1) is 0 Å². The number of carbonyl (C=O) groups is 1. The van der Waals surface area contributed by atoms with E-state index in [4.69, 9.17) is 9.52 Å². The molecule has 1 aromatic heterocycles. The molecule has 2 N–H and O–H groups in total. The highest BCUT2D eigenvalue weighted by atomic mass is 16.6. The summed E-state index contributed by atoms with van der Waals surface area (Å²) in [6.07, 6.45) is 2.53. The number of nitrogens with zero attached hydrogens (tertiary/aromatic N) is 1. The van der Waals surface area contributed by atoms with Gasteiger partial charge in [0.05, 0.1) is 12.7 Å². The highest BCUT2D eigenvalue weighted by Crippen LogP contribution is 2.17. The molecule has 1 heterocycles. The number of anilines is 1. The minimum atomic E-state index is -0.655. The zero-order chi connectivity index (χ0) is 15.2. The van der Waals surface area contributed by atoms with Gasteiger partial charge in [0.2, 0.25) is 5.91 Å². The van der Waals surface area contributed by atoms with Gasteiger partial charge in [-0.3, -0.25) is 14.9 Å². The Hall–Kier alpha value is -2.93. The van der Waals surface area contributed by atoms with E-state index in [1.165, 1.54) is 24.3 Å². The van der Waals surface area contributed by atoms with Crippen molar-refractivity contribution in [2.45, 2.75) is 6.61 Å². The van der Waals surface area contributed by atoms with E-state index in [9.17, 15) is 14.9 Å². The Balaban J connectivity index is 2.00. The van der Waals surface area contributed by atoms with Crippen LogP contribution in [0.4, 0.5) is 11.6 Å². The molecule has 0 bridgehead atoms. The van der Waals surface area contributed by atoms with Crippen LogP contribution in [0.5, 0.6) is 0 Å². The van der Waals surface area contributed by atoms with Gasteiger partial charge in [-0.25, -0.2) is 0 Å². The molecule has 0 aliphatic carbocycles. The molecule has 2 aromatic rings. The molecule has 1 aromatic carbocycles. The van der Waals surface area contributed by atoms with Crippen LogP contribution in [0, 0.1) is 10.1 Å². The van der Waals surface area contributed by atoms with Gasteiger partial charge in [-0.1, -0.05) is 12.1 Å². The quantitative estimate of drug-likeness (QED) is 0.499. The SMILES string of the molecule is O=C(/C=C/c1ccc([N+](=O)[O-])o1)Nc1cccc(CO)c1. The number of benzene rings is 1. The van der Waals surface area contributed by atoms with Crippen LogP contribution in [0.1, 0.15) is 11.3 Å². The number of nitro groups is 1. The van der Waals surface area contributed by atoms with Crippen LogP contribution in [-0.2, 0) is 11.4 Å². The molecule has 7 nitrogen and oxygen atoms in total. The number of nitrogens with one attached hydrogen (secondary N) is 1. The van der Waals surface area contributed by atoms with E-state index in [0.717, 1.165) is 0 Å². The summed E-state index contributed by atoms with van der Waals surface area (Å²) in [5.74, 6) is -0.587. The van der Waals surface area contributed by atoms with Crippen molar-refractivity contribution in [1.29, 1.82) is 0 Å². The molecule has 0 atom stereocenters. The molecule has 0 radical (unpaired) electrons. The second kappa shape index (κ2) is 6.49. The Bertz CT molecular complexity index is 690. The highest BCUT2D eigenvalue weighted by molar-refractivity contribution is 6.01. The summed E-state index contributed by atoms with van der Waals surface area (Å²) in [6, 6.07) is 9.37. The third-order valence-electron chi connectivity index (χ3n) is 2.57. The third kappa shape index (κ3) is 4.02. The first-order valence-electron chi connectivity index (χ1n) is 6.01. The minimum Gasteiger partial charge on any atom is -0.401 e. The van der Waals surface area contributed by atoms with Gasteiger partial charge in [0.25, 0.3) is 0 Å². The van der Waals surface area contributed by atoms with Crippen molar-refractivity contribution in [3.63, 3.8) is 0 Å². The van der Waals surface area contributed by atoms with E-state index in [-0.39, 0.29) is 18.3 Å². The lowest BCUT2D eigenvalue weighted by molar-refractivity contribution is -0.402. The lowest BCUT2D eigenvalue weighted by Crippen LogP contribution is -2.07. The van der Waals surface area contributed by atoms with Crippen LogP contribution in [-0.4, -0.2) is 15.9 Å². The average molecular weight is 288 g/mol. The normalized spacial score (nSPS) is 10.7. The highest BCUT2D eigenvalue weighted by Gasteiger charge is 2.10. The predicted octanol–water partition coefficient (Wildman–Crippen LogP) is 2.33. The Kier molecular flexibility index (Phi) is 4.47. The van der Waals surface area contributed by atoms with Gasteiger partial charge in [0.15, 0.2) is 0 Å². The van der Waals surface area contributed by atoms with E-state index in [1.54, 1.807) is 24.3 Å². The maximum absolute atomic E-state index is 11.7. The fraction of sp³-hybridized carbons (Fsp3) is 0.0714. The van der Waals surface area contributed by atoms with Crippen molar-refractivity contribution in [1.82, 2.24) is 0 Å². The fourth-order valence-corrected chi connectivity index (χ4v) is 1.62. The van der Waals surface area contributed by atoms with Crippen molar-refractivity contribution < 1.29 is 19.2 Å². The summed E-state index contributed by atoms with van der Waals surface area (Å²) in [7, 11) is 0. The smallest absolute Gasteiger partial charge is 0.401 e. The molecule has 0 aliphatic rings. The van der Waals surface area contributed by atoms with E-state index < -0.39 is 10.8 Å². The molecule has 21 heavy (non-hydrogen) atoms. The van der Waals surface area contributed by atoms with Gasteiger partial charge in [-0.2, -0.15) is 0 Å². The second-order valence-electron chi connectivity index (χ2n) is 4.11. The molecule has 0 fully saturated rings. The van der Waals surface area contributed by atoms with Crippen LogP contribution in [0.2, 0.25) is 0 Å². The molecule has 7 heteroatoms. The Morgan fingerprint density at radius 1 is 1.38 bits per heavy atom. The largest absolute Gasteiger partial charge is 0.433 e. The van der Waals surface area contributed by atoms with E-state index >= 15 is 0 Å².